The number of aryl methyl sites for hydroxylation is 1. The summed E-state index contributed by atoms with van der Waals surface area (Å²) in [7, 11) is 1.80. The number of aromatic nitrogens is 1. The largest absolute Gasteiger partial charge is 0.310 e. The van der Waals surface area contributed by atoms with E-state index in [0.717, 1.165) is 5.56 Å². The molecule has 17 heavy (non-hydrogen) atoms. The number of nitrogens with zero attached hydrogens (tertiary/aromatic N) is 2. The van der Waals surface area contributed by atoms with Gasteiger partial charge in [-0.15, -0.1) is 0 Å². The second kappa shape index (κ2) is 6.37. The minimum atomic E-state index is -0.122. The van der Waals surface area contributed by atoms with Crippen LogP contribution >= 0.6 is 11.6 Å². The zero-order valence-electron chi connectivity index (χ0n) is 10.0. The van der Waals surface area contributed by atoms with Gasteiger partial charge in [-0.25, -0.2) is 4.98 Å². The van der Waals surface area contributed by atoms with Crippen molar-refractivity contribution < 1.29 is 4.79 Å². The van der Waals surface area contributed by atoms with E-state index in [4.69, 9.17) is 11.6 Å². The average molecular weight is 254 g/mol. The normalized spacial score (nSPS) is 10.4. The van der Waals surface area contributed by atoms with Crippen LogP contribution < -0.4 is 5.32 Å². The summed E-state index contributed by atoms with van der Waals surface area (Å²) in [6.07, 6.45) is 1.66. The Kier molecular flexibility index (Phi) is 5.12. The van der Waals surface area contributed by atoms with Gasteiger partial charge in [0.1, 0.15) is 5.82 Å². The van der Waals surface area contributed by atoms with Crippen molar-refractivity contribution >= 4 is 23.3 Å². The Labute approximate surface area is 106 Å². The Morgan fingerprint density at radius 3 is 2.88 bits per heavy atom. The monoisotopic (exact) mass is 253 g/mol. The first-order valence-corrected chi connectivity index (χ1v) is 5.59. The number of nitrogens with one attached hydrogen (secondary N) is 1. The van der Waals surface area contributed by atoms with Gasteiger partial charge in [-0.1, -0.05) is 18.2 Å². The van der Waals surface area contributed by atoms with Crippen LogP contribution in [-0.4, -0.2) is 35.9 Å². The van der Waals surface area contributed by atoms with Crippen LogP contribution in [0.4, 0.5) is 5.82 Å². The lowest BCUT2D eigenvalue weighted by Gasteiger charge is -2.14. The molecule has 0 spiro atoms. The minimum absolute atomic E-state index is 0.122. The molecule has 1 amide bonds. The molecule has 4 nitrogen and oxygen atoms in total. The molecule has 0 radical (unpaired) electrons. The first-order valence-electron chi connectivity index (χ1n) is 5.21. The van der Waals surface area contributed by atoms with Gasteiger partial charge in [0, 0.05) is 17.8 Å². The zero-order valence-corrected chi connectivity index (χ0v) is 10.8. The van der Waals surface area contributed by atoms with Crippen LogP contribution in [-0.2, 0) is 4.79 Å². The topological polar surface area (TPSA) is 45.2 Å². The fraction of sp³-hybridized carbons (Fsp3) is 0.333. The Hall–Kier alpha value is -1.39. The molecule has 0 unspecified atom stereocenters. The second-order valence-electron chi connectivity index (χ2n) is 3.96. The highest BCUT2D eigenvalue weighted by Crippen LogP contribution is 2.05. The third kappa shape index (κ3) is 5.47. The number of pyridine rings is 1. The van der Waals surface area contributed by atoms with Gasteiger partial charge in [-0.05, 0) is 31.7 Å². The Morgan fingerprint density at radius 2 is 2.29 bits per heavy atom. The number of halogens is 1. The van der Waals surface area contributed by atoms with Gasteiger partial charge in [0.2, 0.25) is 5.91 Å². The summed E-state index contributed by atoms with van der Waals surface area (Å²) >= 11 is 5.66. The number of hydrogen-bond acceptors (Lipinski definition) is 3. The molecule has 0 aromatic carbocycles. The van der Waals surface area contributed by atoms with E-state index < -0.39 is 0 Å². The predicted molar refractivity (Wildman–Crippen MR) is 70.1 cm³/mol. The van der Waals surface area contributed by atoms with Crippen molar-refractivity contribution in [3.8, 4) is 0 Å². The molecule has 0 saturated heterocycles. The highest BCUT2D eigenvalue weighted by atomic mass is 35.5. The lowest BCUT2D eigenvalue weighted by Crippen LogP contribution is -2.31. The van der Waals surface area contributed by atoms with E-state index in [1.165, 1.54) is 0 Å². The van der Waals surface area contributed by atoms with E-state index in [1.807, 2.05) is 19.1 Å². The van der Waals surface area contributed by atoms with Gasteiger partial charge in [-0.3, -0.25) is 9.69 Å². The van der Waals surface area contributed by atoms with Crippen molar-refractivity contribution in [2.45, 2.75) is 6.92 Å². The summed E-state index contributed by atoms with van der Waals surface area (Å²) in [5, 5.41) is 3.23. The van der Waals surface area contributed by atoms with Gasteiger partial charge < -0.3 is 5.32 Å². The highest BCUT2D eigenvalue weighted by molar-refractivity contribution is 6.29. The Morgan fingerprint density at radius 1 is 1.59 bits per heavy atom. The van der Waals surface area contributed by atoms with Crippen LogP contribution in [0.25, 0.3) is 0 Å². The molecule has 1 N–H and O–H groups in total. The molecule has 0 saturated carbocycles. The maximum atomic E-state index is 11.7. The van der Waals surface area contributed by atoms with Crippen molar-refractivity contribution in [3.63, 3.8) is 0 Å². The van der Waals surface area contributed by atoms with Crippen LogP contribution in [0.15, 0.2) is 29.9 Å². The quantitative estimate of drug-likeness (QED) is 0.873. The summed E-state index contributed by atoms with van der Waals surface area (Å²) < 4.78 is 0. The fourth-order valence-electron chi connectivity index (χ4n) is 1.38. The lowest BCUT2D eigenvalue weighted by atomic mass is 10.3. The first-order chi connectivity index (χ1) is 7.97. The van der Waals surface area contributed by atoms with E-state index in [0.29, 0.717) is 17.4 Å². The number of carbonyl (C=O) groups is 1. The van der Waals surface area contributed by atoms with Gasteiger partial charge in [-0.2, -0.15) is 0 Å². The van der Waals surface area contributed by atoms with Gasteiger partial charge >= 0.3 is 0 Å². The standard InChI is InChI=1S/C12H16ClN3O/c1-9-4-5-14-11(6-9)15-12(17)8-16(3)7-10(2)13/h4-6H,2,7-8H2,1,3H3,(H,14,15,17). The fourth-order valence-corrected chi connectivity index (χ4v) is 1.58. The summed E-state index contributed by atoms with van der Waals surface area (Å²) in [6, 6.07) is 3.69. The molecule has 1 aromatic rings. The molecular formula is C12H16ClN3O. The third-order valence-corrected chi connectivity index (χ3v) is 2.16. The molecule has 1 aromatic heterocycles. The number of likely N-dealkylation sites (N-methyl/N-ethyl adjacent to an activating group) is 1. The van der Waals surface area contributed by atoms with E-state index >= 15 is 0 Å². The first kappa shape index (κ1) is 13.7. The zero-order chi connectivity index (χ0) is 12.8. The van der Waals surface area contributed by atoms with Gasteiger partial charge in [0.25, 0.3) is 0 Å². The molecule has 0 fully saturated rings. The third-order valence-electron chi connectivity index (χ3n) is 2.04. The molecule has 0 aliphatic carbocycles. The smallest absolute Gasteiger partial charge is 0.239 e. The van der Waals surface area contributed by atoms with E-state index in [1.54, 1.807) is 18.1 Å². The maximum absolute atomic E-state index is 11.7. The Bertz CT molecular complexity index is 420. The van der Waals surface area contributed by atoms with Crippen LogP contribution in [0, 0.1) is 6.92 Å². The van der Waals surface area contributed by atoms with Crippen LogP contribution in [0.5, 0.6) is 0 Å². The summed E-state index contributed by atoms with van der Waals surface area (Å²) in [6.45, 7) is 6.26. The molecule has 5 heteroatoms. The highest BCUT2D eigenvalue weighted by Gasteiger charge is 2.07. The molecule has 0 bridgehead atoms. The van der Waals surface area contributed by atoms with E-state index in [9.17, 15) is 4.79 Å². The average Bonchev–Trinajstić information content (AvgIpc) is 2.14. The van der Waals surface area contributed by atoms with E-state index in [-0.39, 0.29) is 12.5 Å². The van der Waals surface area contributed by atoms with Crippen LogP contribution in [0.2, 0.25) is 0 Å². The lowest BCUT2D eigenvalue weighted by molar-refractivity contribution is -0.116. The van der Waals surface area contributed by atoms with Crippen molar-refractivity contribution in [1.82, 2.24) is 9.88 Å². The molecule has 0 atom stereocenters. The van der Waals surface area contributed by atoms with Gasteiger partial charge in [0.05, 0.1) is 6.54 Å². The number of carbonyl (C=O) groups excluding carboxylic acids is 1. The summed E-state index contributed by atoms with van der Waals surface area (Å²) in [4.78, 5) is 17.5. The predicted octanol–water partition coefficient (Wildman–Crippen LogP) is 2.01. The molecule has 1 rings (SSSR count). The number of hydrogen-bond donors (Lipinski definition) is 1. The van der Waals surface area contributed by atoms with Crippen LogP contribution in [0.3, 0.4) is 0 Å². The molecule has 1 heterocycles. The number of rotatable bonds is 5. The van der Waals surface area contributed by atoms with Crippen molar-refractivity contribution in [1.29, 1.82) is 0 Å². The molecular weight excluding hydrogens is 238 g/mol. The maximum Gasteiger partial charge on any atom is 0.239 e. The molecule has 0 aliphatic heterocycles. The number of amides is 1. The molecule has 0 aliphatic rings. The Balaban J connectivity index is 2.47. The van der Waals surface area contributed by atoms with E-state index in [2.05, 4.69) is 16.9 Å². The number of anilines is 1. The minimum Gasteiger partial charge on any atom is -0.310 e. The second-order valence-corrected chi connectivity index (χ2v) is 4.49. The summed E-state index contributed by atoms with van der Waals surface area (Å²) in [5.74, 6) is 0.441. The van der Waals surface area contributed by atoms with Crippen LogP contribution in [0.1, 0.15) is 5.56 Å². The SMILES string of the molecule is C=C(Cl)CN(C)CC(=O)Nc1cc(C)ccn1. The van der Waals surface area contributed by atoms with Gasteiger partial charge in [0.15, 0.2) is 0 Å². The molecule has 92 valence electrons. The van der Waals surface area contributed by atoms with Crippen molar-refractivity contribution in [2.24, 2.45) is 0 Å². The van der Waals surface area contributed by atoms with Crippen molar-refractivity contribution in [2.75, 3.05) is 25.5 Å². The van der Waals surface area contributed by atoms with Crippen molar-refractivity contribution in [3.05, 3.63) is 35.5 Å². The summed E-state index contributed by atoms with van der Waals surface area (Å²) in [5.41, 5.74) is 1.05.